The smallest absolute Gasteiger partial charge is 0.227 e. The lowest BCUT2D eigenvalue weighted by Gasteiger charge is -2.28. The molecular weight excluding hydrogens is 479 g/mol. The first kappa shape index (κ1) is 25.0. The molecule has 1 aromatic carbocycles. The summed E-state index contributed by atoms with van der Waals surface area (Å²) in [5.41, 5.74) is 4.45. The van der Waals surface area contributed by atoms with Crippen LogP contribution in [-0.4, -0.2) is 42.1 Å². The molecule has 2 aliphatic heterocycles. The van der Waals surface area contributed by atoms with Crippen LogP contribution in [0.3, 0.4) is 0 Å². The average Bonchev–Trinajstić information content (AvgIpc) is 3.41. The van der Waals surface area contributed by atoms with Crippen LogP contribution in [0.5, 0.6) is 0 Å². The van der Waals surface area contributed by atoms with Gasteiger partial charge in [-0.1, -0.05) is 31.8 Å². The maximum Gasteiger partial charge on any atom is 0.227 e. The first-order chi connectivity index (χ1) is 18.7. The van der Waals surface area contributed by atoms with E-state index in [9.17, 15) is 4.39 Å². The number of aromatic nitrogens is 2. The summed E-state index contributed by atoms with van der Waals surface area (Å²) in [4.78, 5) is 16.6. The van der Waals surface area contributed by atoms with Gasteiger partial charge in [-0.15, -0.1) is 0 Å². The molecule has 0 amide bonds. The Hall–Kier alpha value is -3.26. The number of ether oxygens (including phenoxy) is 1. The molecule has 1 saturated heterocycles. The predicted molar refractivity (Wildman–Crippen MR) is 151 cm³/mol. The highest BCUT2D eigenvalue weighted by Crippen LogP contribution is 2.35. The van der Waals surface area contributed by atoms with Gasteiger partial charge in [0.15, 0.2) is 0 Å². The van der Waals surface area contributed by atoms with Crippen molar-refractivity contribution >= 4 is 28.8 Å². The molecule has 3 heterocycles. The molecule has 2 fully saturated rings. The molecule has 0 bridgehead atoms. The third kappa shape index (κ3) is 5.90. The molecular formula is C30H37FN6O. The van der Waals surface area contributed by atoms with E-state index in [0.29, 0.717) is 18.1 Å². The summed E-state index contributed by atoms with van der Waals surface area (Å²) in [5, 5.41) is 6.90. The summed E-state index contributed by atoms with van der Waals surface area (Å²) in [5.74, 6) is 2.29. The van der Waals surface area contributed by atoms with Gasteiger partial charge < -0.3 is 20.3 Å². The number of fused-ring (bicyclic) bond motifs is 1. The number of hydrogen-bond acceptors (Lipinski definition) is 6. The van der Waals surface area contributed by atoms with Crippen LogP contribution in [0.25, 0.3) is 0 Å². The lowest BCUT2D eigenvalue weighted by Crippen LogP contribution is -2.36. The fourth-order valence-corrected chi connectivity index (χ4v) is 6.01. The quantitative estimate of drug-likeness (QED) is 0.454. The number of morpholine rings is 1. The van der Waals surface area contributed by atoms with Gasteiger partial charge >= 0.3 is 0 Å². The number of halogens is 1. The SMILES string of the molecule is FC1=C(N=C2Nc3cnc(Nc4ccc(N5CCOCC5)cc4)nc3CCC2CC2CCCC2)C=CCC1. The monoisotopic (exact) mass is 516 g/mol. The first-order valence-electron chi connectivity index (χ1n) is 14.2. The highest BCUT2D eigenvalue weighted by molar-refractivity contribution is 5.99. The van der Waals surface area contributed by atoms with Crippen molar-refractivity contribution in [1.29, 1.82) is 0 Å². The Balaban J connectivity index is 1.20. The average molecular weight is 517 g/mol. The van der Waals surface area contributed by atoms with Crippen LogP contribution in [-0.2, 0) is 11.2 Å². The van der Waals surface area contributed by atoms with Crippen molar-refractivity contribution in [3.63, 3.8) is 0 Å². The van der Waals surface area contributed by atoms with Crippen molar-refractivity contribution in [2.45, 2.75) is 57.8 Å². The molecule has 1 saturated carbocycles. The molecule has 6 rings (SSSR count). The molecule has 7 nitrogen and oxygen atoms in total. The van der Waals surface area contributed by atoms with Gasteiger partial charge in [0.25, 0.3) is 0 Å². The predicted octanol–water partition coefficient (Wildman–Crippen LogP) is 6.54. The molecule has 1 aromatic heterocycles. The van der Waals surface area contributed by atoms with Crippen LogP contribution in [0.15, 0.2) is 59.1 Å². The molecule has 0 radical (unpaired) electrons. The summed E-state index contributed by atoms with van der Waals surface area (Å²) in [6, 6.07) is 8.39. The summed E-state index contributed by atoms with van der Waals surface area (Å²) in [6.45, 7) is 3.38. The zero-order valence-electron chi connectivity index (χ0n) is 22.0. The summed E-state index contributed by atoms with van der Waals surface area (Å²) < 4.78 is 20.0. The molecule has 2 aromatic rings. The Morgan fingerprint density at radius 3 is 2.68 bits per heavy atom. The second-order valence-electron chi connectivity index (χ2n) is 10.8. The normalized spacial score (nSPS) is 23.3. The lowest BCUT2D eigenvalue weighted by molar-refractivity contribution is 0.122. The number of aryl methyl sites for hydroxylation is 1. The molecule has 2 N–H and O–H groups in total. The van der Waals surface area contributed by atoms with E-state index in [1.807, 2.05) is 18.3 Å². The minimum absolute atomic E-state index is 0.124. The number of nitrogens with zero attached hydrogens (tertiary/aromatic N) is 4. The number of amidine groups is 1. The third-order valence-electron chi connectivity index (χ3n) is 8.16. The molecule has 38 heavy (non-hydrogen) atoms. The Morgan fingerprint density at radius 2 is 1.89 bits per heavy atom. The maximum absolute atomic E-state index is 14.6. The number of aliphatic imine (C=N–C) groups is 1. The topological polar surface area (TPSA) is 74.7 Å². The zero-order valence-corrected chi connectivity index (χ0v) is 22.0. The zero-order chi connectivity index (χ0) is 25.7. The standard InChI is InChI=1S/C30H37FN6O/c31-25-7-3-4-8-26(25)34-29-22(19-21-5-1-2-6-21)9-14-27-28(35-29)20-32-30(36-27)33-23-10-12-24(13-11-23)37-15-17-38-18-16-37/h4,8,10-13,20-22H,1-3,5-7,9,14-19H2,(H,34,35)(H,32,33,36). The Labute approximate surface area is 224 Å². The fourth-order valence-electron chi connectivity index (χ4n) is 6.01. The van der Waals surface area contributed by atoms with Crippen LogP contribution in [0.4, 0.5) is 27.4 Å². The van der Waals surface area contributed by atoms with Crippen molar-refractivity contribution < 1.29 is 9.13 Å². The second kappa shape index (κ2) is 11.6. The number of benzene rings is 1. The van der Waals surface area contributed by atoms with Gasteiger partial charge in [-0.2, -0.15) is 0 Å². The molecule has 0 spiro atoms. The van der Waals surface area contributed by atoms with Crippen LogP contribution < -0.4 is 15.5 Å². The van der Waals surface area contributed by atoms with Crippen LogP contribution in [0, 0.1) is 11.8 Å². The summed E-state index contributed by atoms with van der Waals surface area (Å²) in [6.07, 6.45) is 14.9. The molecule has 200 valence electrons. The van der Waals surface area contributed by atoms with Crippen molar-refractivity contribution in [1.82, 2.24) is 9.97 Å². The molecule has 1 atom stereocenters. The van der Waals surface area contributed by atoms with Crippen LogP contribution in [0.1, 0.15) is 57.1 Å². The van der Waals surface area contributed by atoms with Gasteiger partial charge in [-0.3, -0.25) is 0 Å². The number of hydrogen-bond donors (Lipinski definition) is 2. The van der Waals surface area contributed by atoms with E-state index in [2.05, 4.69) is 44.8 Å². The number of allylic oxidation sites excluding steroid dienone is 3. The minimum atomic E-state index is -0.124. The third-order valence-corrected chi connectivity index (χ3v) is 8.16. The maximum atomic E-state index is 14.6. The second-order valence-corrected chi connectivity index (χ2v) is 10.8. The molecule has 8 heteroatoms. The highest BCUT2D eigenvalue weighted by Gasteiger charge is 2.28. The summed E-state index contributed by atoms with van der Waals surface area (Å²) >= 11 is 0. The van der Waals surface area contributed by atoms with E-state index in [-0.39, 0.29) is 11.7 Å². The number of anilines is 4. The van der Waals surface area contributed by atoms with E-state index in [1.165, 1.54) is 31.4 Å². The highest BCUT2D eigenvalue weighted by atomic mass is 19.1. The largest absolute Gasteiger partial charge is 0.378 e. The van der Waals surface area contributed by atoms with Gasteiger partial charge in [-0.25, -0.2) is 19.4 Å². The molecule has 1 unspecified atom stereocenters. The number of rotatable bonds is 6. The van der Waals surface area contributed by atoms with Gasteiger partial charge in [0, 0.05) is 36.8 Å². The Morgan fingerprint density at radius 1 is 1.08 bits per heavy atom. The van der Waals surface area contributed by atoms with E-state index >= 15 is 0 Å². The summed E-state index contributed by atoms with van der Waals surface area (Å²) in [7, 11) is 0. The van der Waals surface area contributed by atoms with Gasteiger partial charge in [0.1, 0.15) is 11.7 Å². The van der Waals surface area contributed by atoms with Crippen LogP contribution in [0.2, 0.25) is 0 Å². The van der Waals surface area contributed by atoms with E-state index in [1.54, 1.807) is 0 Å². The van der Waals surface area contributed by atoms with Gasteiger partial charge in [0.05, 0.1) is 36.5 Å². The Bertz CT molecular complexity index is 1210. The van der Waals surface area contributed by atoms with Crippen molar-refractivity contribution in [3.05, 3.63) is 59.8 Å². The molecule has 2 aliphatic carbocycles. The minimum Gasteiger partial charge on any atom is -0.378 e. The van der Waals surface area contributed by atoms with Crippen molar-refractivity contribution in [2.75, 3.05) is 41.8 Å². The van der Waals surface area contributed by atoms with Crippen molar-refractivity contribution in [3.8, 4) is 0 Å². The van der Waals surface area contributed by atoms with Crippen molar-refractivity contribution in [2.24, 2.45) is 16.8 Å². The van der Waals surface area contributed by atoms with Gasteiger partial charge in [-0.05, 0) is 61.9 Å². The Kier molecular flexibility index (Phi) is 7.67. The van der Waals surface area contributed by atoms with E-state index in [0.717, 1.165) is 80.8 Å². The van der Waals surface area contributed by atoms with E-state index < -0.39 is 0 Å². The lowest BCUT2D eigenvalue weighted by atomic mass is 9.89. The number of nitrogens with one attached hydrogen (secondary N) is 2. The van der Waals surface area contributed by atoms with Gasteiger partial charge in [0.2, 0.25) is 5.95 Å². The first-order valence-corrected chi connectivity index (χ1v) is 14.2. The fraction of sp³-hybridized carbons (Fsp3) is 0.500. The van der Waals surface area contributed by atoms with E-state index in [4.69, 9.17) is 14.7 Å². The van der Waals surface area contributed by atoms with Crippen LogP contribution >= 0.6 is 0 Å². The molecule has 4 aliphatic rings.